The van der Waals surface area contributed by atoms with Crippen molar-refractivity contribution in [1.82, 2.24) is 0 Å². The molecular weight excluding hydrogens is 372 g/mol. The second-order valence-electron chi connectivity index (χ2n) is 7.85. The Hall–Kier alpha value is -2.78. The van der Waals surface area contributed by atoms with Crippen LogP contribution in [0.3, 0.4) is 0 Å². The highest BCUT2D eigenvalue weighted by Gasteiger charge is 2.30. The fourth-order valence-corrected chi connectivity index (χ4v) is 4.05. The molecule has 3 aromatic rings. The third kappa shape index (κ3) is 4.36. The van der Waals surface area contributed by atoms with Crippen molar-refractivity contribution in [1.29, 1.82) is 0 Å². The first-order valence-corrected chi connectivity index (χ1v) is 10.9. The largest absolute Gasteiger partial charge is 0.465 e. The van der Waals surface area contributed by atoms with Crippen molar-refractivity contribution in [2.24, 2.45) is 0 Å². The third-order valence-electron chi connectivity index (χ3n) is 5.92. The molecule has 0 N–H and O–H groups in total. The molecule has 4 rings (SSSR count). The summed E-state index contributed by atoms with van der Waals surface area (Å²) in [4.78, 5) is 0. The molecule has 30 heavy (non-hydrogen) atoms. The number of fused-ring (bicyclic) bond motifs is 2. The molecule has 0 radical (unpaired) electrons. The van der Waals surface area contributed by atoms with Crippen molar-refractivity contribution in [3.05, 3.63) is 89.5 Å². The van der Waals surface area contributed by atoms with Crippen molar-refractivity contribution in [3.63, 3.8) is 0 Å². The predicted octanol–water partition coefficient (Wildman–Crippen LogP) is 7.27. The molecule has 1 heterocycles. The molecule has 0 amide bonds. The summed E-state index contributed by atoms with van der Waals surface area (Å²) in [6.07, 6.45) is 1.51. The minimum atomic E-state index is -0.339. The normalized spacial score (nSPS) is 14.9. The number of para-hydroxylation sites is 2. The fourth-order valence-electron chi connectivity index (χ4n) is 4.05. The Labute approximate surface area is 179 Å². The second kappa shape index (κ2) is 9.36. The zero-order valence-electron chi connectivity index (χ0n) is 18.0. The standard InChI is InChI=1S/C27H30O3/c1-4-19(3)20-14-16-21(17-15-20)29-27(28-5-2)18-24-22-10-6-8-12-25(22)30-26-13-9-7-11-23(24)26/h6-17,19,24,27H,4-5,18H2,1-3H3. The highest BCUT2D eigenvalue weighted by atomic mass is 16.7. The van der Waals surface area contributed by atoms with Gasteiger partial charge in [-0.15, -0.1) is 0 Å². The van der Waals surface area contributed by atoms with Crippen LogP contribution in [-0.4, -0.2) is 12.9 Å². The fraction of sp³-hybridized carbons (Fsp3) is 0.333. The summed E-state index contributed by atoms with van der Waals surface area (Å²) in [5.74, 6) is 3.37. The maximum atomic E-state index is 6.29. The Kier molecular flexibility index (Phi) is 6.39. The molecule has 0 bridgehead atoms. The lowest BCUT2D eigenvalue weighted by molar-refractivity contribution is -0.0819. The Morgan fingerprint density at radius 1 is 0.833 bits per heavy atom. The van der Waals surface area contributed by atoms with Crippen LogP contribution in [-0.2, 0) is 4.74 Å². The molecule has 2 atom stereocenters. The zero-order chi connectivity index (χ0) is 20.9. The average molecular weight is 403 g/mol. The molecule has 0 saturated carbocycles. The van der Waals surface area contributed by atoms with Crippen LogP contribution in [0.5, 0.6) is 17.2 Å². The van der Waals surface area contributed by atoms with E-state index in [1.165, 1.54) is 16.7 Å². The Bertz CT molecular complexity index is 918. The van der Waals surface area contributed by atoms with E-state index in [4.69, 9.17) is 14.2 Å². The molecule has 0 aromatic heterocycles. The first-order valence-electron chi connectivity index (χ1n) is 10.9. The molecule has 0 aliphatic carbocycles. The van der Waals surface area contributed by atoms with Crippen LogP contribution in [0.15, 0.2) is 72.8 Å². The van der Waals surface area contributed by atoms with Gasteiger partial charge in [-0.1, -0.05) is 62.4 Å². The van der Waals surface area contributed by atoms with Gasteiger partial charge in [0, 0.05) is 30.1 Å². The van der Waals surface area contributed by atoms with Gasteiger partial charge in [0.15, 0.2) is 0 Å². The lowest BCUT2D eigenvalue weighted by atomic mass is 9.85. The first-order chi connectivity index (χ1) is 14.7. The summed E-state index contributed by atoms with van der Waals surface area (Å²) in [6.45, 7) is 7.07. The SMILES string of the molecule is CCOC(CC1c2ccccc2Oc2ccccc21)Oc1ccc(C(C)CC)cc1. The quantitative estimate of drug-likeness (QED) is 0.371. The molecule has 2 unspecified atom stereocenters. The number of hydrogen-bond acceptors (Lipinski definition) is 3. The van der Waals surface area contributed by atoms with Gasteiger partial charge in [0.25, 0.3) is 0 Å². The maximum Gasteiger partial charge on any atom is 0.200 e. The van der Waals surface area contributed by atoms with Crippen molar-refractivity contribution in [2.45, 2.75) is 51.7 Å². The first kappa shape index (κ1) is 20.5. The molecular formula is C27H30O3. The van der Waals surface area contributed by atoms with E-state index in [1.54, 1.807) is 0 Å². The van der Waals surface area contributed by atoms with E-state index in [0.717, 1.165) is 30.1 Å². The smallest absolute Gasteiger partial charge is 0.200 e. The summed E-state index contributed by atoms with van der Waals surface area (Å²) in [7, 11) is 0. The van der Waals surface area contributed by atoms with Gasteiger partial charge in [0.2, 0.25) is 6.29 Å². The van der Waals surface area contributed by atoms with E-state index in [-0.39, 0.29) is 12.2 Å². The van der Waals surface area contributed by atoms with Crippen LogP contribution in [0, 0.1) is 0 Å². The summed E-state index contributed by atoms with van der Waals surface area (Å²) in [6, 6.07) is 24.9. The van der Waals surface area contributed by atoms with Crippen LogP contribution >= 0.6 is 0 Å². The minimum Gasteiger partial charge on any atom is -0.465 e. The lowest BCUT2D eigenvalue weighted by Gasteiger charge is -2.31. The van der Waals surface area contributed by atoms with Gasteiger partial charge < -0.3 is 14.2 Å². The third-order valence-corrected chi connectivity index (χ3v) is 5.92. The summed E-state index contributed by atoms with van der Waals surface area (Å²) in [5, 5.41) is 0. The van der Waals surface area contributed by atoms with Crippen molar-refractivity contribution >= 4 is 0 Å². The average Bonchev–Trinajstić information content (AvgIpc) is 2.79. The molecule has 3 nitrogen and oxygen atoms in total. The Morgan fingerprint density at radius 3 is 2.00 bits per heavy atom. The van der Waals surface area contributed by atoms with Gasteiger partial charge in [-0.25, -0.2) is 0 Å². The van der Waals surface area contributed by atoms with Crippen molar-refractivity contribution in [2.75, 3.05) is 6.61 Å². The monoisotopic (exact) mass is 402 g/mol. The van der Waals surface area contributed by atoms with Crippen LogP contribution < -0.4 is 9.47 Å². The zero-order valence-corrected chi connectivity index (χ0v) is 18.0. The molecule has 0 fully saturated rings. The Balaban J connectivity index is 1.58. The molecule has 3 aromatic carbocycles. The Morgan fingerprint density at radius 2 is 1.43 bits per heavy atom. The number of ether oxygens (including phenoxy) is 3. The van der Waals surface area contributed by atoms with E-state index in [1.807, 2.05) is 31.2 Å². The van der Waals surface area contributed by atoms with Gasteiger partial charge in [-0.2, -0.15) is 0 Å². The molecule has 0 spiro atoms. The minimum absolute atomic E-state index is 0.155. The number of benzene rings is 3. The van der Waals surface area contributed by atoms with E-state index in [2.05, 4.69) is 62.4 Å². The summed E-state index contributed by atoms with van der Waals surface area (Å²) >= 11 is 0. The van der Waals surface area contributed by atoms with E-state index < -0.39 is 0 Å². The highest BCUT2D eigenvalue weighted by molar-refractivity contribution is 5.53. The van der Waals surface area contributed by atoms with E-state index in [0.29, 0.717) is 12.5 Å². The van der Waals surface area contributed by atoms with Crippen LogP contribution in [0.1, 0.15) is 62.1 Å². The molecule has 1 aliphatic heterocycles. The lowest BCUT2D eigenvalue weighted by Crippen LogP contribution is -2.25. The van der Waals surface area contributed by atoms with Gasteiger partial charge in [0.05, 0.1) is 0 Å². The summed E-state index contributed by atoms with van der Waals surface area (Å²) < 4.78 is 18.4. The van der Waals surface area contributed by atoms with Crippen LogP contribution in [0.4, 0.5) is 0 Å². The van der Waals surface area contributed by atoms with Gasteiger partial charge >= 0.3 is 0 Å². The number of hydrogen-bond donors (Lipinski definition) is 0. The molecule has 3 heteroatoms. The molecule has 0 saturated heterocycles. The van der Waals surface area contributed by atoms with Gasteiger partial charge in [-0.05, 0) is 49.1 Å². The maximum absolute atomic E-state index is 6.29. The van der Waals surface area contributed by atoms with E-state index in [9.17, 15) is 0 Å². The van der Waals surface area contributed by atoms with Gasteiger partial charge in [-0.3, -0.25) is 0 Å². The van der Waals surface area contributed by atoms with E-state index >= 15 is 0 Å². The predicted molar refractivity (Wildman–Crippen MR) is 121 cm³/mol. The highest BCUT2D eigenvalue weighted by Crippen LogP contribution is 2.46. The van der Waals surface area contributed by atoms with Crippen LogP contribution in [0.2, 0.25) is 0 Å². The van der Waals surface area contributed by atoms with Gasteiger partial charge in [0.1, 0.15) is 17.2 Å². The number of rotatable bonds is 8. The molecule has 156 valence electrons. The molecule has 1 aliphatic rings. The van der Waals surface area contributed by atoms with Crippen molar-refractivity contribution < 1.29 is 14.2 Å². The second-order valence-corrected chi connectivity index (χ2v) is 7.85. The summed E-state index contributed by atoms with van der Waals surface area (Å²) in [5.41, 5.74) is 3.69. The van der Waals surface area contributed by atoms with Crippen molar-refractivity contribution in [3.8, 4) is 17.2 Å². The topological polar surface area (TPSA) is 27.7 Å². The van der Waals surface area contributed by atoms with Crippen LogP contribution in [0.25, 0.3) is 0 Å².